The van der Waals surface area contributed by atoms with Gasteiger partial charge in [0.1, 0.15) is 12.2 Å². The first-order valence-corrected chi connectivity index (χ1v) is 8.94. The molecule has 6 atom stereocenters. The lowest BCUT2D eigenvalue weighted by Gasteiger charge is -2.29. The van der Waals surface area contributed by atoms with Crippen molar-refractivity contribution in [3.63, 3.8) is 0 Å². The molecule has 1 N–H and O–H groups in total. The standard InChI is InChI=1S/C20H26O6/c1-6-10(2)18(22)25-15-9-20(5)16(26-20)8-13(21)11(3)7-14-17(15)12(4)19(23)24-14/h6-7,13-17,21H,4,8-9H2,1-3,5H3/b10-6+,11-7-/t13-,14-,15+,16+,17+,20+/m0/s1. The van der Waals surface area contributed by atoms with Crippen LogP contribution in [0.25, 0.3) is 0 Å². The number of aliphatic hydroxyl groups excluding tert-OH is 1. The van der Waals surface area contributed by atoms with Gasteiger partial charge in [-0.25, -0.2) is 9.59 Å². The Morgan fingerprint density at radius 1 is 1.50 bits per heavy atom. The molecule has 0 amide bonds. The minimum atomic E-state index is -0.667. The summed E-state index contributed by atoms with van der Waals surface area (Å²) < 4.78 is 17.0. The van der Waals surface area contributed by atoms with Gasteiger partial charge in [-0.3, -0.25) is 0 Å². The van der Waals surface area contributed by atoms with E-state index in [9.17, 15) is 14.7 Å². The number of rotatable bonds is 2. The highest BCUT2D eigenvalue weighted by Gasteiger charge is 2.57. The molecule has 1 aliphatic carbocycles. The molecule has 0 aromatic carbocycles. The Kier molecular flexibility index (Phi) is 4.84. The van der Waals surface area contributed by atoms with Crippen molar-refractivity contribution in [2.45, 2.75) is 70.6 Å². The van der Waals surface area contributed by atoms with Gasteiger partial charge in [-0.1, -0.05) is 12.7 Å². The summed E-state index contributed by atoms with van der Waals surface area (Å²) in [4.78, 5) is 24.5. The van der Waals surface area contributed by atoms with Gasteiger partial charge in [0.05, 0.1) is 23.7 Å². The molecule has 0 radical (unpaired) electrons. The SMILES string of the molecule is C=C1C(=O)O[C@H]2/C=C(/C)[C@@H](O)C[C@H]3O[C@]3(C)C[C@@H](OC(=O)/C(C)=C/C)[C@H]12. The molecule has 0 spiro atoms. The average Bonchev–Trinajstić information content (AvgIpc) is 3.11. The van der Waals surface area contributed by atoms with Crippen LogP contribution in [0, 0.1) is 5.92 Å². The van der Waals surface area contributed by atoms with Crippen LogP contribution in [-0.4, -0.2) is 47.1 Å². The van der Waals surface area contributed by atoms with Gasteiger partial charge in [-0.2, -0.15) is 0 Å². The molecule has 0 saturated carbocycles. The van der Waals surface area contributed by atoms with E-state index in [1.54, 1.807) is 32.9 Å². The second-order valence-corrected chi connectivity index (χ2v) is 7.62. The Morgan fingerprint density at radius 3 is 2.85 bits per heavy atom. The van der Waals surface area contributed by atoms with Crippen LogP contribution in [0.3, 0.4) is 0 Å². The summed E-state index contributed by atoms with van der Waals surface area (Å²) in [6.07, 6.45) is 2.29. The molecule has 3 aliphatic rings. The van der Waals surface area contributed by atoms with Gasteiger partial charge in [0.2, 0.25) is 0 Å². The third-order valence-electron chi connectivity index (χ3n) is 5.71. The monoisotopic (exact) mass is 362 g/mol. The number of hydrogen-bond donors (Lipinski definition) is 1. The highest BCUT2D eigenvalue weighted by molar-refractivity contribution is 5.92. The number of carbonyl (C=O) groups excluding carboxylic acids is 2. The van der Waals surface area contributed by atoms with Crippen LogP contribution in [0.4, 0.5) is 0 Å². The van der Waals surface area contributed by atoms with Crippen LogP contribution in [0.1, 0.15) is 40.5 Å². The molecule has 2 fully saturated rings. The molecule has 0 aromatic heterocycles. The van der Waals surface area contributed by atoms with Crippen molar-refractivity contribution in [3.8, 4) is 0 Å². The zero-order valence-electron chi connectivity index (χ0n) is 15.7. The Morgan fingerprint density at radius 2 is 2.19 bits per heavy atom. The van der Waals surface area contributed by atoms with E-state index in [0.29, 0.717) is 24.0 Å². The maximum Gasteiger partial charge on any atom is 0.334 e. The Hall–Kier alpha value is -1.92. The number of hydrogen-bond acceptors (Lipinski definition) is 6. The van der Waals surface area contributed by atoms with Crippen molar-refractivity contribution in [2.24, 2.45) is 5.92 Å². The van der Waals surface area contributed by atoms with E-state index >= 15 is 0 Å². The van der Waals surface area contributed by atoms with Gasteiger partial charge in [0, 0.05) is 24.0 Å². The first-order valence-electron chi connectivity index (χ1n) is 8.94. The summed E-state index contributed by atoms with van der Waals surface area (Å²) in [5.41, 5.74) is 0.974. The van der Waals surface area contributed by atoms with Crippen molar-refractivity contribution in [2.75, 3.05) is 0 Å². The Balaban J connectivity index is 1.98. The van der Waals surface area contributed by atoms with Crippen LogP contribution in [-0.2, 0) is 23.8 Å². The minimum Gasteiger partial charge on any atom is -0.458 e. The van der Waals surface area contributed by atoms with E-state index in [-0.39, 0.29) is 11.7 Å². The number of aliphatic hydroxyl groups is 1. The summed E-state index contributed by atoms with van der Waals surface area (Å²) in [6.45, 7) is 11.0. The van der Waals surface area contributed by atoms with Crippen LogP contribution in [0.2, 0.25) is 0 Å². The highest BCUT2D eigenvalue weighted by Crippen LogP contribution is 2.47. The number of esters is 2. The number of allylic oxidation sites excluding steroid dienone is 1. The number of fused-ring (bicyclic) bond motifs is 2. The third kappa shape index (κ3) is 3.35. The fourth-order valence-corrected chi connectivity index (χ4v) is 3.70. The summed E-state index contributed by atoms with van der Waals surface area (Å²) in [7, 11) is 0. The summed E-state index contributed by atoms with van der Waals surface area (Å²) >= 11 is 0. The van der Waals surface area contributed by atoms with E-state index < -0.39 is 41.8 Å². The number of epoxide rings is 1. The van der Waals surface area contributed by atoms with Gasteiger partial charge >= 0.3 is 11.9 Å². The molecule has 142 valence electrons. The van der Waals surface area contributed by atoms with E-state index in [2.05, 4.69) is 6.58 Å². The molecular formula is C20H26O6. The van der Waals surface area contributed by atoms with Crippen LogP contribution in [0.5, 0.6) is 0 Å². The normalized spacial score (nSPS) is 42.1. The van der Waals surface area contributed by atoms with Crippen molar-refractivity contribution in [1.82, 2.24) is 0 Å². The minimum absolute atomic E-state index is 0.118. The maximum atomic E-state index is 12.4. The molecule has 26 heavy (non-hydrogen) atoms. The van der Waals surface area contributed by atoms with Crippen LogP contribution in [0.15, 0.2) is 35.5 Å². The first-order chi connectivity index (χ1) is 12.2. The molecule has 0 unspecified atom stereocenters. The molecule has 6 heteroatoms. The molecule has 2 heterocycles. The first kappa shape index (κ1) is 18.9. The van der Waals surface area contributed by atoms with Gasteiger partial charge in [0.25, 0.3) is 0 Å². The maximum absolute atomic E-state index is 12.4. The largest absolute Gasteiger partial charge is 0.458 e. The average molecular weight is 362 g/mol. The van der Waals surface area contributed by atoms with Crippen molar-refractivity contribution in [3.05, 3.63) is 35.5 Å². The van der Waals surface area contributed by atoms with E-state index in [1.165, 1.54) is 0 Å². The molecule has 2 saturated heterocycles. The van der Waals surface area contributed by atoms with Crippen molar-refractivity contribution in [1.29, 1.82) is 0 Å². The zero-order chi connectivity index (χ0) is 19.2. The van der Waals surface area contributed by atoms with Crippen molar-refractivity contribution >= 4 is 11.9 Å². The number of carbonyl (C=O) groups is 2. The van der Waals surface area contributed by atoms with Gasteiger partial charge in [-0.05, 0) is 39.3 Å². The third-order valence-corrected chi connectivity index (χ3v) is 5.71. The molecule has 0 aromatic rings. The van der Waals surface area contributed by atoms with Crippen LogP contribution < -0.4 is 0 Å². The smallest absolute Gasteiger partial charge is 0.334 e. The van der Waals surface area contributed by atoms with Gasteiger partial charge in [-0.15, -0.1) is 0 Å². The summed E-state index contributed by atoms with van der Waals surface area (Å²) in [5, 5.41) is 10.4. The molecule has 6 nitrogen and oxygen atoms in total. The topological polar surface area (TPSA) is 85.4 Å². The highest BCUT2D eigenvalue weighted by atomic mass is 16.6. The second kappa shape index (κ2) is 6.67. The lowest BCUT2D eigenvalue weighted by atomic mass is 9.82. The predicted molar refractivity (Wildman–Crippen MR) is 94.1 cm³/mol. The predicted octanol–water partition coefficient (Wildman–Crippen LogP) is 2.22. The fourth-order valence-electron chi connectivity index (χ4n) is 3.70. The molecule has 0 bridgehead atoms. The molecule has 2 aliphatic heterocycles. The Bertz CT molecular complexity index is 705. The lowest BCUT2D eigenvalue weighted by molar-refractivity contribution is -0.148. The molecule has 3 rings (SSSR count). The summed E-state index contributed by atoms with van der Waals surface area (Å²) in [5.74, 6) is -1.43. The van der Waals surface area contributed by atoms with E-state index in [0.717, 1.165) is 0 Å². The lowest BCUT2D eigenvalue weighted by Crippen LogP contribution is -2.37. The Labute approximate surface area is 153 Å². The van der Waals surface area contributed by atoms with Gasteiger partial charge in [0.15, 0.2) is 0 Å². The fraction of sp³-hybridized carbons (Fsp3) is 0.600. The summed E-state index contributed by atoms with van der Waals surface area (Å²) in [6, 6.07) is 0. The number of ether oxygens (including phenoxy) is 3. The second-order valence-electron chi connectivity index (χ2n) is 7.62. The molecular weight excluding hydrogens is 336 g/mol. The quantitative estimate of drug-likeness (QED) is 0.351. The zero-order valence-corrected chi connectivity index (χ0v) is 15.7. The van der Waals surface area contributed by atoms with E-state index in [4.69, 9.17) is 14.2 Å². The van der Waals surface area contributed by atoms with Crippen LogP contribution >= 0.6 is 0 Å². The van der Waals surface area contributed by atoms with Crippen molar-refractivity contribution < 1.29 is 28.9 Å². The van der Waals surface area contributed by atoms with E-state index in [1.807, 2.05) is 6.92 Å². The van der Waals surface area contributed by atoms with Gasteiger partial charge < -0.3 is 19.3 Å².